The smallest absolute Gasteiger partial charge is 0.351 e. The van der Waals surface area contributed by atoms with Crippen LogP contribution in [0.4, 0.5) is 5.82 Å². The summed E-state index contributed by atoms with van der Waals surface area (Å²) in [5, 5.41) is 28.8. The lowest BCUT2D eigenvalue weighted by molar-refractivity contribution is -0.0549. The van der Waals surface area contributed by atoms with Crippen LogP contribution < -0.4 is 10.6 Å². The molecule has 0 amide bonds. The van der Waals surface area contributed by atoms with Crippen molar-refractivity contribution in [1.29, 1.82) is 0 Å². The van der Waals surface area contributed by atoms with Crippen molar-refractivity contribution in [2.75, 3.05) is 36.1 Å². The highest BCUT2D eigenvalue weighted by atomic mass is 32.2. The van der Waals surface area contributed by atoms with Gasteiger partial charge in [-0.15, -0.1) is 0 Å². The summed E-state index contributed by atoms with van der Waals surface area (Å²) in [4.78, 5) is 18.3. The highest BCUT2D eigenvalue weighted by molar-refractivity contribution is 7.99. The van der Waals surface area contributed by atoms with E-state index in [1.54, 1.807) is 6.07 Å². The van der Waals surface area contributed by atoms with Crippen LogP contribution in [0.25, 0.3) is 0 Å². The molecule has 0 radical (unpaired) electrons. The summed E-state index contributed by atoms with van der Waals surface area (Å²) < 4.78 is 6.49. The summed E-state index contributed by atoms with van der Waals surface area (Å²) in [7, 11) is 0. The predicted octanol–water partition coefficient (Wildman–Crippen LogP) is -1.59. The fraction of sp³-hybridized carbons (Fsp3) is 0.692. The Morgan fingerprint density at radius 3 is 2.64 bits per heavy atom. The van der Waals surface area contributed by atoms with E-state index < -0.39 is 36.8 Å². The van der Waals surface area contributed by atoms with Gasteiger partial charge in [-0.3, -0.25) is 4.57 Å². The average molecular weight is 329 g/mol. The molecule has 1 aromatic heterocycles. The molecule has 0 bridgehead atoms. The minimum atomic E-state index is -1.28. The Kier molecular flexibility index (Phi) is 4.69. The fourth-order valence-corrected chi connectivity index (χ4v) is 3.58. The maximum atomic E-state index is 12.2. The summed E-state index contributed by atoms with van der Waals surface area (Å²) in [6.07, 6.45) is -2.97. The zero-order chi connectivity index (χ0) is 15.7. The molecule has 2 aliphatic heterocycles. The van der Waals surface area contributed by atoms with Gasteiger partial charge in [0.2, 0.25) is 0 Å². The van der Waals surface area contributed by atoms with Crippen molar-refractivity contribution in [3.8, 4) is 0 Å². The van der Waals surface area contributed by atoms with Crippen LogP contribution in [-0.2, 0) is 4.74 Å². The largest absolute Gasteiger partial charge is 0.394 e. The van der Waals surface area contributed by atoms with Gasteiger partial charge in [0.15, 0.2) is 6.23 Å². The number of rotatable bonds is 3. The Labute approximate surface area is 131 Å². The Balaban J connectivity index is 1.82. The lowest BCUT2D eigenvalue weighted by Gasteiger charge is -2.27. The van der Waals surface area contributed by atoms with E-state index >= 15 is 0 Å². The molecule has 8 nitrogen and oxygen atoms in total. The first kappa shape index (κ1) is 15.8. The van der Waals surface area contributed by atoms with Crippen LogP contribution in [-0.4, -0.2) is 74.4 Å². The van der Waals surface area contributed by atoms with Gasteiger partial charge in [0.05, 0.1) is 6.61 Å². The van der Waals surface area contributed by atoms with Crippen molar-refractivity contribution in [2.24, 2.45) is 0 Å². The molecule has 9 heteroatoms. The number of anilines is 1. The molecule has 122 valence electrons. The van der Waals surface area contributed by atoms with Gasteiger partial charge < -0.3 is 25.0 Å². The van der Waals surface area contributed by atoms with E-state index in [1.807, 2.05) is 16.7 Å². The normalized spacial score (nSPS) is 32.4. The second-order valence-electron chi connectivity index (χ2n) is 5.30. The highest BCUT2D eigenvalue weighted by Crippen LogP contribution is 2.28. The number of aromatic nitrogens is 2. The Bertz CT molecular complexity index is 577. The number of hydrogen-bond donors (Lipinski definition) is 3. The Morgan fingerprint density at radius 1 is 1.32 bits per heavy atom. The maximum Gasteiger partial charge on any atom is 0.351 e. The van der Waals surface area contributed by atoms with E-state index in [0.717, 1.165) is 29.2 Å². The predicted molar refractivity (Wildman–Crippen MR) is 81.0 cm³/mol. The van der Waals surface area contributed by atoms with Crippen molar-refractivity contribution < 1.29 is 20.1 Å². The molecule has 0 unspecified atom stereocenters. The number of aliphatic hydroxyl groups is 3. The third-order valence-corrected chi connectivity index (χ3v) is 4.88. The minimum absolute atomic E-state index is 0.430. The first-order valence-corrected chi connectivity index (χ1v) is 8.31. The maximum absolute atomic E-state index is 12.2. The van der Waals surface area contributed by atoms with Gasteiger partial charge in [-0.25, -0.2) is 4.79 Å². The minimum Gasteiger partial charge on any atom is -0.394 e. The SMILES string of the molecule is O=c1nc(N2CCSCC2)ccn1[C@@H]1O[C@@H](CO)[C@@H](O)[C@H]1O. The van der Waals surface area contributed by atoms with Crippen LogP contribution in [0.1, 0.15) is 6.23 Å². The van der Waals surface area contributed by atoms with Gasteiger partial charge in [0, 0.05) is 30.8 Å². The number of aliphatic hydroxyl groups excluding tert-OH is 3. The van der Waals surface area contributed by atoms with Crippen LogP contribution in [0.3, 0.4) is 0 Å². The standard InChI is InChI=1S/C13H19N3O5S/c17-7-8-10(18)11(19)12(21-8)16-2-1-9(14-13(16)20)15-3-5-22-6-4-15/h1-2,8,10-12,17-19H,3-7H2/t8-,10+,11+,12+/m0/s1. The zero-order valence-corrected chi connectivity index (χ0v) is 12.7. The summed E-state index contributed by atoms with van der Waals surface area (Å²) in [5.41, 5.74) is -0.550. The summed E-state index contributed by atoms with van der Waals surface area (Å²) in [5.74, 6) is 2.60. The molecule has 3 rings (SSSR count). The number of ether oxygens (including phenoxy) is 1. The zero-order valence-electron chi connectivity index (χ0n) is 11.9. The van der Waals surface area contributed by atoms with Crippen molar-refractivity contribution >= 4 is 17.6 Å². The number of hydrogen-bond acceptors (Lipinski definition) is 8. The van der Waals surface area contributed by atoms with E-state index in [9.17, 15) is 15.0 Å². The lowest BCUT2D eigenvalue weighted by atomic mass is 10.1. The van der Waals surface area contributed by atoms with Crippen LogP contribution in [0, 0.1) is 0 Å². The molecule has 1 aromatic rings. The van der Waals surface area contributed by atoms with Crippen LogP contribution in [0.2, 0.25) is 0 Å². The molecule has 0 saturated carbocycles. The molecule has 3 N–H and O–H groups in total. The molecular weight excluding hydrogens is 310 g/mol. The van der Waals surface area contributed by atoms with Crippen molar-refractivity contribution in [3.63, 3.8) is 0 Å². The number of thioether (sulfide) groups is 1. The number of nitrogens with zero attached hydrogens (tertiary/aromatic N) is 3. The van der Waals surface area contributed by atoms with Gasteiger partial charge in [-0.1, -0.05) is 0 Å². The second kappa shape index (κ2) is 6.55. The molecule has 2 fully saturated rings. The van der Waals surface area contributed by atoms with Gasteiger partial charge in [0.1, 0.15) is 24.1 Å². The summed E-state index contributed by atoms with van der Waals surface area (Å²) >= 11 is 1.87. The molecule has 3 heterocycles. The monoisotopic (exact) mass is 329 g/mol. The quantitative estimate of drug-likeness (QED) is 0.609. The van der Waals surface area contributed by atoms with E-state index in [-0.39, 0.29) is 0 Å². The molecule has 0 aliphatic carbocycles. The molecule has 4 atom stereocenters. The molecule has 0 aromatic carbocycles. The van der Waals surface area contributed by atoms with Crippen molar-refractivity contribution in [3.05, 3.63) is 22.7 Å². The van der Waals surface area contributed by atoms with E-state index in [2.05, 4.69) is 4.98 Å². The Morgan fingerprint density at radius 2 is 2.05 bits per heavy atom. The van der Waals surface area contributed by atoms with Gasteiger partial charge in [-0.2, -0.15) is 16.7 Å². The third kappa shape index (κ3) is 2.86. The molecule has 2 saturated heterocycles. The third-order valence-electron chi connectivity index (χ3n) is 3.94. The van der Waals surface area contributed by atoms with E-state index in [4.69, 9.17) is 9.84 Å². The molecular formula is C13H19N3O5S. The van der Waals surface area contributed by atoms with Gasteiger partial charge in [-0.05, 0) is 6.07 Å². The lowest BCUT2D eigenvalue weighted by Crippen LogP contribution is -2.38. The van der Waals surface area contributed by atoms with Crippen molar-refractivity contribution in [1.82, 2.24) is 9.55 Å². The van der Waals surface area contributed by atoms with E-state index in [1.165, 1.54) is 6.20 Å². The molecule has 22 heavy (non-hydrogen) atoms. The topological polar surface area (TPSA) is 108 Å². The van der Waals surface area contributed by atoms with Gasteiger partial charge in [0.25, 0.3) is 0 Å². The first-order valence-electron chi connectivity index (χ1n) is 7.16. The van der Waals surface area contributed by atoms with Crippen molar-refractivity contribution in [2.45, 2.75) is 24.5 Å². The van der Waals surface area contributed by atoms with Crippen LogP contribution in [0.5, 0.6) is 0 Å². The van der Waals surface area contributed by atoms with E-state index in [0.29, 0.717) is 5.82 Å². The summed E-state index contributed by atoms with van der Waals surface area (Å²) in [6, 6.07) is 1.70. The highest BCUT2D eigenvalue weighted by Gasteiger charge is 2.43. The van der Waals surface area contributed by atoms with Gasteiger partial charge >= 0.3 is 5.69 Å². The first-order chi connectivity index (χ1) is 10.6. The fourth-order valence-electron chi connectivity index (χ4n) is 2.68. The van der Waals surface area contributed by atoms with Crippen LogP contribution in [0.15, 0.2) is 17.1 Å². The second-order valence-corrected chi connectivity index (χ2v) is 6.53. The average Bonchev–Trinajstić information content (AvgIpc) is 2.83. The Hall–Kier alpha value is -1.13. The molecule has 2 aliphatic rings. The summed E-state index contributed by atoms with van der Waals surface area (Å²) in [6.45, 7) is 1.25. The van der Waals surface area contributed by atoms with Crippen LogP contribution >= 0.6 is 11.8 Å². The molecule has 0 spiro atoms.